The Morgan fingerprint density at radius 1 is 1.47 bits per heavy atom. The molecule has 0 saturated carbocycles. The van der Waals surface area contributed by atoms with Crippen molar-refractivity contribution in [2.24, 2.45) is 0 Å². The zero-order valence-electron chi connectivity index (χ0n) is 10.1. The van der Waals surface area contributed by atoms with E-state index in [1.165, 1.54) is 0 Å². The summed E-state index contributed by atoms with van der Waals surface area (Å²) in [5.41, 5.74) is -0.178. The largest absolute Gasteiger partial charge is 0.373 e. The van der Waals surface area contributed by atoms with Gasteiger partial charge in [0.15, 0.2) is 0 Å². The zero-order chi connectivity index (χ0) is 13.8. The fourth-order valence-electron chi connectivity index (χ4n) is 1.53. The predicted octanol–water partition coefficient (Wildman–Crippen LogP) is 0.636. The third-order valence-electron chi connectivity index (χ3n) is 2.45. The first-order valence-electron chi connectivity index (χ1n) is 5.44. The lowest BCUT2D eigenvalue weighted by molar-refractivity contribution is -0.385. The van der Waals surface area contributed by atoms with Crippen LogP contribution in [0.3, 0.4) is 0 Å². The van der Waals surface area contributed by atoms with Crippen LogP contribution in [0.1, 0.15) is 5.69 Å². The normalized spacial score (nSPS) is 10.2. The third-order valence-corrected chi connectivity index (χ3v) is 2.45. The summed E-state index contributed by atoms with van der Waals surface area (Å²) >= 11 is 0. The number of nitro groups is 1. The number of nitrogens with one attached hydrogen (secondary N) is 1. The highest BCUT2D eigenvalue weighted by molar-refractivity contribution is 5.34. The fourth-order valence-corrected chi connectivity index (χ4v) is 1.53. The molecule has 2 heterocycles. The minimum Gasteiger partial charge on any atom is -0.373 e. The SMILES string of the molecule is CNc1cccc(Cn2cc([N+](=O)[O-])cnc2=O)n1. The molecule has 0 radical (unpaired) electrons. The Morgan fingerprint density at radius 2 is 2.26 bits per heavy atom. The number of aromatic nitrogens is 3. The third kappa shape index (κ3) is 2.92. The van der Waals surface area contributed by atoms with Crippen molar-refractivity contribution < 1.29 is 4.92 Å². The lowest BCUT2D eigenvalue weighted by Gasteiger charge is -2.05. The molecule has 0 fully saturated rings. The molecule has 1 N–H and O–H groups in total. The van der Waals surface area contributed by atoms with E-state index in [0.29, 0.717) is 11.5 Å². The lowest BCUT2D eigenvalue weighted by atomic mass is 10.3. The zero-order valence-corrected chi connectivity index (χ0v) is 10.1. The van der Waals surface area contributed by atoms with E-state index in [1.807, 2.05) is 0 Å². The van der Waals surface area contributed by atoms with E-state index in [0.717, 1.165) is 17.0 Å². The van der Waals surface area contributed by atoms with E-state index in [2.05, 4.69) is 15.3 Å². The molecule has 98 valence electrons. The molecule has 0 aliphatic rings. The van der Waals surface area contributed by atoms with Crippen molar-refractivity contribution in [2.45, 2.75) is 6.54 Å². The Labute approximate surface area is 107 Å². The summed E-state index contributed by atoms with van der Waals surface area (Å²) in [6, 6.07) is 5.29. The number of rotatable bonds is 4. The number of hydrogen-bond acceptors (Lipinski definition) is 6. The second-order valence-corrected chi connectivity index (χ2v) is 3.74. The molecule has 0 saturated heterocycles. The molecule has 0 aromatic carbocycles. The van der Waals surface area contributed by atoms with Crippen molar-refractivity contribution >= 4 is 11.5 Å². The van der Waals surface area contributed by atoms with E-state index >= 15 is 0 Å². The average Bonchev–Trinajstić information content (AvgIpc) is 2.41. The van der Waals surface area contributed by atoms with Crippen LogP contribution in [0.2, 0.25) is 0 Å². The van der Waals surface area contributed by atoms with E-state index < -0.39 is 10.6 Å². The maximum absolute atomic E-state index is 11.5. The highest BCUT2D eigenvalue weighted by Crippen LogP contribution is 2.08. The number of hydrogen-bond donors (Lipinski definition) is 1. The van der Waals surface area contributed by atoms with Gasteiger partial charge in [0, 0.05) is 7.05 Å². The average molecular weight is 261 g/mol. The molecule has 0 spiro atoms. The van der Waals surface area contributed by atoms with E-state index in [4.69, 9.17) is 0 Å². The first-order valence-corrected chi connectivity index (χ1v) is 5.44. The van der Waals surface area contributed by atoms with Crippen molar-refractivity contribution in [1.29, 1.82) is 0 Å². The molecular weight excluding hydrogens is 250 g/mol. The Morgan fingerprint density at radius 3 is 2.95 bits per heavy atom. The van der Waals surface area contributed by atoms with Gasteiger partial charge < -0.3 is 5.32 Å². The van der Waals surface area contributed by atoms with Crippen molar-refractivity contribution in [3.63, 3.8) is 0 Å². The van der Waals surface area contributed by atoms with Crippen LogP contribution in [0.25, 0.3) is 0 Å². The van der Waals surface area contributed by atoms with Gasteiger partial charge in [-0.1, -0.05) is 6.07 Å². The Kier molecular flexibility index (Phi) is 3.51. The molecule has 8 nitrogen and oxygen atoms in total. The maximum atomic E-state index is 11.5. The van der Waals surface area contributed by atoms with Crippen LogP contribution >= 0.6 is 0 Å². The fraction of sp³-hybridized carbons (Fsp3) is 0.182. The summed E-state index contributed by atoms with van der Waals surface area (Å²) in [7, 11) is 1.73. The van der Waals surface area contributed by atoms with Gasteiger partial charge in [0.25, 0.3) is 0 Å². The number of anilines is 1. The monoisotopic (exact) mass is 261 g/mol. The maximum Gasteiger partial charge on any atom is 0.348 e. The molecule has 0 aliphatic heterocycles. The minimum absolute atomic E-state index is 0.128. The second kappa shape index (κ2) is 5.25. The molecule has 8 heteroatoms. The highest BCUT2D eigenvalue weighted by atomic mass is 16.6. The Balaban J connectivity index is 2.34. The van der Waals surface area contributed by atoms with Gasteiger partial charge in [0.05, 0.1) is 23.4 Å². The summed E-state index contributed by atoms with van der Waals surface area (Å²) < 4.78 is 1.15. The first-order chi connectivity index (χ1) is 9.10. The lowest BCUT2D eigenvalue weighted by Crippen LogP contribution is -2.23. The van der Waals surface area contributed by atoms with E-state index in [-0.39, 0.29) is 12.2 Å². The molecular formula is C11H11N5O3. The molecule has 2 rings (SSSR count). The molecule has 2 aromatic rings. The molecule has 0 atom stereocenters. The molecule has 2 aromatic heterocycles. The standard InChI is InChI=1S/C11H11N5O3/c1-12-10-4-2-3-8(14-10)6-15-7-9(16(18)19)5-13-11(15)17/h2-5,7H,6H2,1H3,(H,12,14). The van der Waals surface area contributed by atoms with Gasteiger partial charge in [0.2, 0.25) is 0 Å². The highest BCUT2D eigenvalue weighted by Gasteiger charge is 2.09. The van der Waals surface area contributed by atoms with Gasteiger partial charge in [-0.15, -0.1) is 0 Å². The summed E-state index contributed by atoms with van der Waals surface area (Å²) in [5.74, 6) is 0.656. The molecule has 0 unspecified atom stereocenters. The van der Waals surface area contributed by atoms with Gasteiger partial charge in [-0.25, -0.2) is 9.78 Å². The summed E-state index contributed by atoms with van der Waals surface area (Å²) in [4.78, 5) is 29.3. The Bertz CT molecular complexity index is 667. The van der Waals surface area contributed by atoms with Crippen molar-refractivity contribution in [2.75, 3.05) is 12.4 Å². The van der Waals surface area contributed by atoms with Crippen LogP contribution in [0.4, 0.5) is 11.5 Å². The quantitative estimate of drug-likeness (QED) is 0.639. The smallest absolute Gasteiger partial charge is 0.348 e. The van der Waals surface area contributed by atoms with E-state index in [1.54, 1.807) is 25.2 Å². The topological polar surface area (TPSA) is 103 Å². The van der Waals surface area contributed by atoms with Gasteiger partial charge in [-0.3, -0.25) is 14.7 Å². The first kappa shape index (κ1) is 12.7. The van der Waals surface area contributed by atoms with Crippen LogP contribution in [0, 0.1) is 10.1 Å². The molecule has 0 bridgehead atoms. The van der Waals surface area contributed by atoms with Crippen molar-refractivity contribution in [3.8, 4) is 0 Å². The molecule has 19 heavy (non-hydrogen) atoms. The molecule has 0 amide bonds. The second-order valence-electron chi connectivity index (χ2n) is 3.74. The summed E-state index contributed by atoms with van der Waals surface area (Å²) in [5, 5.41) is 13.5. The van der Waals surface area contributed by atoms with Crippen LogP contribution in [0.15, 0.2) is 35.4 Å². The number of nitrogens with zero attached hydrogens (tertiary/aromatic N) is 4. The predicted molar refractivity (Wildman–Crippen MR) is 68.0 cm³/mol. The van der Waals surface area contributed by atoms with Gasteiger partial charge in [-0.05, 0) is 12.1 Å². The van der Waals surface area contributed by atoms with Crippen LogP contribution < -0.4 is 11.0 Å². The van der Waals surface area contributed by atoms with E-state index in [9.17, 15) is 14.9 Å². The Hall–Kier alpha value is -2.77. The van der Waals surface area contributed by atoms with Gasteiger partial charge >= 0.3 is 11.4 Å². The summed E-state index contributed by atoms with van der Waals surface area (Å²) in [6.45, 7) is 0.128. The van der Waals surface area contributed by atoms with Gasteiger partial charge in [0.1, 0.15) is 12.0 Å². The van der Waals surface area contributed by atoms with Crippen molar-refractivity contribution in [1.82, 2.24) is 14.5 Å². The van der Waals surface area contributed by atoms with Gasteiger partial charge in [-0.2, -0.15) is 4.98 Å². The van der Waals surface area contributed by atoms with Crippen molar-refractivity contribution in [3.05, 3.63) is 56.9 Å². The van der Waals surface area contributed by atoms with Crippen LogP contribution in [-0.4, -0.2) is 26.5 Å². The summed E-state index contributed by atoms with van der Waals surface area (Å²) in [6.07, 6.45) is 2.10. The molecule has 0 aliphatic carbocycles. The number of pyridine rings is 1. The van der Waals surface area contributed by atoms with Crippen LogP contribution in [-0.2, 0) is 6.54 Å². The van der Waals surface area contributed by atoms with Crippen LogP contribution in [0.5, 0.6) is 0 Å². The minimum atomic E-state index is -0.597.